The maximum absolute atomic E-state index is 13.3. The first-order chi connectivity index (χ1) is 15.4. The highest BCUT2D eigenvalue weighted by Gasteiger charge is 2.45. The molecule has 2 atom stereocenters. The van der Waals surface area contributed by atoms with Crippen LogP contribution >= 0.6 is 0 Å². The van der Waals surface area contributed by atoms with E-state index < -0.39 is 23.6 Å². The number of ketones is 1. The van der Waals surface area contributed by atoms with Gasteiger partial charge in [0.05, 0.1) is 47.2 Å². The molecule has 170 valence electrons. The molecule has 0 bridgehead atoms. The summed E-state index contributed by atoms with van der Waals surface area (Å²) in [4.78, 5) is 26.3. The average molecular weight is 442 g/mol. The lowest BCUT2D eigenvalue weighted by Gasteiger charge is -2.34. The highest BCUT2D eigenvalue weighted by molar-refractivity contribution is 6.14. The SMILES string of the molecule is CCOC(=O)[C@H]1/C(=C/O)C(=O)c2cc(OC)c(OC)cc2[C@H]1c1ccc(OC)c(OC)c1. The van der Waals surface area contributed by atoms with E-state index >= 15 is 0 Å². The fourth-order valence-electron chi connectivity index (χ4n) is 4.06. The molecule has 0 fully saturated rings. The third-order valence-electron chi connectivity index (χ3n) is 5.51. The number of esters is 1. The summed E-state index contributed by atoms with van der Waals surface area (Å²) >= 11 is 0. The maximum atomic E-state index is 13.3. The van der Waals surface area contributed by atoms with Crippen molar-refractivity contribution in [3.8, 4) is 23.0 Å². The van der Waals surface area contributed by atoms with Gasteiger partial charge in [-0.3, -0.25) is 9.59 Å². The van der Waals surface area contributed by atoms with Gasteiger partial charge in [0.2, 0.25) is 0 Å². The van der Waals surface area contributed by atoms with Crippen molar-refractivity contribution in [3.63, 3.8) is 0 Å². The molecule has 0 radical (unpaired) electrons. The van der Waals surface area contributed by atoms with Crippen LogP contribution in [0.15, 0.2) is 42.2 Å². The van der Waals surface area contributed by atoms with Crippen molar-refractivity contribution in [2.45, 2.75) is 12.8 Å². The van der Waals surface area contributed by atoms with Crippen LogP contribution in [-0.2, 0) is 9.53 Å². The minimum Gasteiger partial charge on any atom is -0.515 e. The van der Waals surface area contributed by atoms with Gasteiger partial charge < -0.3 is 28.8 Å². The van der Waals surface area contributed by atoms with E-state index in [1.165, 1.54) is 28.4 Å². The molecule has 3 rings (SSSR count). The van der Waals surface area contributed by atoms with Gasteiger partial charge in [0, 0.05) is 17.1 Å². The van der Waals surface area contributed by atoms with Crippen LogP contribution in [0.25, 0.3) is 0 Å². The van der Waals surface area contributed by atoms with E-state index in [4.69, 9.17) is 23.7 Å². The number of rotatable bonds is 7. The molecule has 0 saturated carbocycles. The monoisotopic (exact) mass is 442 g/mol. The van der Waals surface area contributed by atoms with Crippen LogP contribution in [0.4, 0.5) is 0 Å². The van der Waals surface area contributed by atoms with Gasteiger partial charge in [0.1, 0.15) is 0 Å². The molecule has 0 heterocycles. The molecular formula is C24H26O8. The Labute approximate surface area is 186 Å². The summed E-state index contributed by atoms with van der Waals surface area (Å²) in [6.07, 6.45) is 0.678. The van der Waals surface area contributed by atoms with E-state index in [1.807, 2.05) is 0 Å². The van der Waals surface area contributed by atoms with Crippen molar-refractivity contribution >= 4 is 11.8 Å². The molecule has 1 N–H and O–H groups in total. The Kier molecular flexibility index (Phi) is 6.92. The molecule has 0 aromatic heterocycles. The normalized spacial score (nSPS) is 18.7. The largest absolute Gasteiger partial charge is 0.515 e. The Bertz CT molecular complexity index is 1060. The third-order valence-corrected chi connectivity index (χ3v) is 5.51. The van der Waals surface area contributed by atoms with Gasteiger partial charge in [-0.25, -0.2) is 0 Å². The smallest absolute Gasteiger partial charge is 0.314 e. The summed E-state index contributed by atoms with van der Waals surface area (Å²) < 4.78 is 26.8. The molecule has 0 aliphatic heterocycles. The van der Waals surface area contributed by atoms with Crippen molar-refractivity contribution in [3.05, 3.63) is 58.9 Å². The van der Waals surface area contributed by atoms with Gasteiger partial charge in [-0.15, -0.1) is 0 Å². The minimum atomic E-state index is -1.07. The number of benzene rings is 2. The van der Waals surface area contributed by atoms with Crippen molar-refractivity contribution in [2.75, 3.05) is 35.0 Å². The van der Waals surface area contributed by atoms with Crippen molar-refractivity contribution in [1.82, 2.24) is 0 Å². The van der Waals surface area contributed by atoms with Gasteiger partial charge in [-0.2, -0.15) is 0 Å². The fraction of sp³-hybridized carbons (Fsp3) is 0.333. The van der Waals surface area contributed by atoms with Crippen LogP contribution in [0.1, 0.15) is 34.3 Å². The lowest BCUT2D eigenvalue weighted by Crippen LogP contribution is -2.35. The summed E-state index contributed by atoms with van der Waals surface area (Å²) in [6, 6.07) is 8.46. The second kappa shape index (κ2) is 9.64. The number of ether oxygens (including phenoxy) is 5. The third kappa shape index (κ3) is 3.84. The summed E-state index contributed by atoms with van der Waals surface area (Å²) in [5.74, 6) is -1.11. The number of fused-ring (bicyclic) bond motifs is 1. The van der Waals surface area contributed by atoms with Crippen LogP contribution in [0, 0.1) is 5.92 Å². The summed E-state index contributed by atoms with van der Waals surface area (Å²) in [5.41, 5.74) is 1.44. The van der Waals surface area contributed by atoms with Crippen molar-refractivity contribution in [1.29, 1.82) is 0 Å². The first kappa shape index (κ1) is 23.0. The number of Topliss-reactive ketones (excluding diaryl/α,β-unsaturated/α-hetero) is 1. The molecule has 0 unspecified atom stereocenters. The van der Waals surface area contributed by atoms with Gasteiger partial charge in [-0.1, -0.05) is 6.07 Å². The van der Waals surface area contributed by atoms with E-state index in [9.17, 15) is 14.7 Å². The molecule has 0 amide bonds. The predicted octanol–water partition coefficient (Wildman–Crippen LogP) is 3.67. The van der Waals surface area contributed by atoms with Crippen LogP contribution in [0.2, 0.25) is 0 Å². The Morgan fingerprint density at radius 3 is 2.09 bits per heavy atom. The van der Waals surface area contributed by atoms with Crippen molar-refractivity contribution in [2.24, 2.45) is 5.92 Å². The Morgan fingerprint density at radius 2 is 1.53 bits per heavy atom. The second-order valence-electron chi connectivity index (χ2n) is 7.03. The first-order valence-corrected chi connectivity index (χ1v) is 9.99. The van der Waals surface area contributed by atoms with Gasteiger partial charge in [0.25, 0.3) is 0 Å². The topological polar surface area (TPSA) is 101 Å². The molecular weight excluding hydrogens is 416 g/mol. The minimum absolute atomic E-state index is 0.0667. The van der Waals surface area contributed by atoms with Gasteiger partial charge in [-0.05, 0) is 42.3 Å². The number of hydrogen-bond donors (Lipinski definition) is 1. The summed E-state index contributed by atoms with van der Waals surface area (Å²) in [7, 11) is 5.99. The quantitative estimate of drug-likeness (QED) is 0.394. The maximum Gasteiger partial charge on any atom is 0.314 e. The predicted molar refractivity (Wildman–Crippen MR) is 116 cm³/mol. The van der Waals surface area contributed by atoms with E-state index in [0.717, 1.165) is 0 Å². The number of aliphatic hydroxyl groups is 1. The number of methoxy groups -OCH3 is 4. The van der Waals surface area contributed by atoms with Crippen LogP contribution in [-0.4, -0.2) is 51.9 Å². The fourth-order valence-corrected chi connectivity index (χ4v) is 4.06. The second-order valence-corrected chi connectivity index (χ2v) is 7.03. The first-order valence-electron chi connectivity index (χ1n) is 9.99. The highest BCUT2D eigenvalue weighted by atomic mass is 16.5. The molecule has 2 aromatic rings. The Morgan fingerprint density at radius 1 is 0.938 bits per heavy atom. The lowest BCUT2D eigenvalue weighted by molar-refractivity contribution is -0.147. The molecule has 1 aliphatic rings. The summed E-state index contributed by atoms with van der Waals surface area (Å²) in [6.45, 7) is 1.80. The van der Waals surface area contributed by atoms with Crippen LogP contribution in [0.3, 0.4) is 0 Å². The molecule has 0 saturated heterocycles. The van der Waals surface area contributed by atoms with Gasteiger partial charge in [0.15, 0.2) is 28.8 Å². The van der Waals surface area contributed by atoms with E-state index in [-0.39, 0.29) is 12.2 Å². The van der Waals surface area contributed by atoms with Crippen LogP contribution < -0.4 is 18.9 Å². The zero-order valence-corrected chi connectivity index (χ0v) is 18.6. The standard InChI is InChI=1S/C24H26O8/c1-6-32-24(27)22-16(12-25)23(26)15-11-20(31-5)19(30-4)10-14(15)21(22)13-7-8-17(28-2)18(9-13)29-3/h7-12,21-22,25H,6H2,1-5H3/b16-12-/t21-,22+/m1/s1. The summed E-state index contributed by atoms with van der Waals surface area (Å²) in [5, 5.41) is 9.96. The van der Waals surface area contributed by atoms with Crippen LogP contribution in [0.5, 0.6) is 23.0 Å². The number of carbonyl (C=O) groups excluding carboxylic acids is 2. The molecule has 1 aliphatic carbocycles. The molecule has 32 heavy (non-hydrogen) atoms. The molecule has 8 heteroatoms. The molecule has 2 aromatic carbocycles. The molecule has 8 nitrogen and oxygen atoms in total. The number of carbonyl (C=O) groups is 2. The average Bonchev–Trinajstić information content (AvgIpc) is 2.82. The highest BCUT2D eigenvalue weighted by Crippen LogP contribution is 2.48. The zero-order chi connectivity index (χ0) is 23.4. The Balaban J connectivity index is 2.34. The molecule has 0 spiro atoms. The number of hydrogen-bond acceptors (Lipinski definition) is 8. The van der Waals surface area contributed by atoms with Gasteiger partial charge >= 0.3 is 5.97 Å². The Hall–Kier alpha value is -3.68. The van der Waals surface area contributed by atoms with E-state index in [0.29, 0.717) is 46.0 Å². The lowest BCUT2D eigenvalue weighted by atomic mass is 9.68. The zero-order valence-electron chi connectivity index (χ0n) is 18.6. The van der Waals surface area contributed by atoms with E-state index in [2.05, 4.69) is 0 Å². The number of aliphatic hydroxyl groups excluding tert-OH is 1. The van der Waals surface area contributed by atoms with E-state index in [1.54, 1.807) is 37.3 Å². The van der Waals surface area contributed by atoms with Crippen molar-refractivity contribution < 1.29 is 38.4 Å².